The van der Waals surface area contributed by atoms with Crippen molar-refractivity contribution in [3.05, 3.63) is 35.6 Å². The summed E-state index contributed by atoms with van der Waals surface area (Å²) in [5.41, 5.74) is 8.13. The summed E-state index contributed by atoms with van der Waals surface area (Å²) in [5.74, 6) is 2.28. The molecule has 0 saturated heterocycles. The molecular weight excluding hydrogens is 210 g/mol. The van der Waals surface area contributed by atoms with Gasteiger partial charge in [-0.2, -0.15) is 0 Å². The van der Waals surface area contributed by atoms with Crippen molar-refractivity contribution < 1.29 is 4.42 Å². The van der Waals surface area contributed by atoms with Gasteiger partial charge in [-0.25, -0.2) is 0 Å². The van der Waals surface area contributed by atoms with Crippen molar-refractivity contribution in [2.75, 3.05) is 6.54 Å². The Morgan fingerprint density at radius 2 is 2.18 bits per heavy atom. The fraction of sp³-hybridized carbons (Fsp3) is 0.467. The molecule has 2 atom stereocenters. The minimum Gasteiger partial charge on any atom is -0.461 e. The molecule has 1 heterocycles. The van der Waals surface area contributed by atoms with Gasteiger partial charge in [0.1, 0.15) is 11.3 Å². The maximum atomic E-state index is 5.98. The van der Waals surface area contributed by atoms with Gasteiger partial charge in [0.25, 0.3) is 0 Å². The molecule has 0 amide bonds. The van der Waals surface area contributed by atoms with Crippen LogP contribution >= 0.6 is 0 Å². The lowest BCUT2D eigenvalue weighted by atomic mass is 9.94. The highest BCUT2D eigenvalue weighted by Crippen LogP contribution is 2.40. The van der Waals surface area contributed by atoms with Crippen LogP contribution in [0.4, 0.5) is 0 Å². The van der Waals surface area contributed by atoms with Crippen molar-refractivity contribution in [1.82, 2.24) is 0 Å². The Bertz CT molecular complexity index is 529. The van der Waals surface area contributed by atoms with Crippen molar-refractivity contribution in [2.24, 2.45) is 11.7 Å². The molecule has 0 radical (unpaired) electrons. The van der Waals surface area contributed by atoms with Gasteiger partial charge in [0.2, 0.25) is 0 Å². The third kappa shape index (κ3) is 1.87. The molecule has 2 unspecified atom stereocenters. The van der Waals surface area contributed by atoms with Gasteiger partial charge in [0, 0.05) is 11.3 Å². The minimum atomic E-state index is 0.535. The summed E-state index contributed by atoms with van der Waals surface area (Å²) >= 11 is 0. The summed E-state index contributed by atoms with van der Waals surface area (Å²) in [6, 6.07) is 8.57. The van der Waals surface area contributed by atoms with Gasteiger partial charge in [-0.05, 0) is 50.4 Å². The second-order valence-corrected chi connectivity index (χ2v) is 5.22. The highest BCUT2D eigenvalue weighted by molar-refractivity contribution is 5.78. The van der Waals surface area contributed by atoms with Crippen molar-refractivity contribution in [3.63, 3.8) is 0 Å². The first-order valence-corrected chi connectivity index (χ1v) is 6.48. The summed E-state index contributed by atoms with van der Waals surface area (Å²) < 4.78 is 5.98. The van der Waals surface area contributed by atoms with Crippen LogP contribution in [0.15, 0.2) is 28.7 Å². The molecule has 2 heteroatoms. The molecule has 17 heavy (non-hydrogen) atoms. The fourth-order valence-electron chi connectivity index (χ4n) is 3.06. The van der Waals surface area contributed by atoms with E-state index in [1.807, 2.05) is 0 Å². The molecule has 2 aromatic rings. The first-order chi connectivity index (χ1) is 8.28. The van der Waals surface area contributed by atoms with Crippen LogP contribution in [0, 0.1) is 12.8 Å². The van der Waals surface area contributed by atoms with E-state index < -0.39 is 0 Å². The number of benzene rings is 1. The maximum Gasteiger partial charge on any atom is 0.134 e. The lowest BCUT2D eigenvalue weighted by Gasteiger charge is -2.14. The van der Waals surface area contributed by atoms with E-state index in [0.29, 0.717) is 11.8 Å². The molecule has 1 aromatic carbocycles. The normalized spacial score (nSPS) is 24.6. The zero-order chi connectivity index (χ0) is 11.8. The molecule has 3 rings (SSSR count). The van der Waals surface area contributed by atoms with Crippen LogP contribution in [-0.2, 0) is 0 Å². The largest absolute Gasteiger partial charge is 0.461 e. The van der Waals surface area contributed by atoms with Crippen LogP contribution in [0.2, 0.25) is 0 Å². The number of nitrogens with two attached hydrogens (primary N) is 1. The number of rotatable bonds is 2. The third-order valence-corrected chi connectivity index (χ3v) is 4.02. The Morgan fingerprint density at radius 1 is 1.29 bits per heavy atom. The summed E-state index contributed by atoms with van der Waals surface area (Å²) in [5, 5.41) is 1.22. The molecule has 1 aromatic heterocycles. The van der Waals surface area contributed by atoms with Crippen LogP contribution in [-0.4, -0.2) is 6.54 Å². The van der Waals surface area contributed by atoms with Crippen LogP contribution in [0.3, 0.4) is 0 Å². The highest BCUT2D eigenvalue weighted by Gasteiger charge is 2.29. The number of hydrogen-bond acceptors (Lipinski definition) is 2. The lowest BCUT2D eigenvalue weighted by molar-refractivity contribution is 0.416. The Kier molecular flexibility index (Phi) is 2.67. The SMILES string of the molecule is Cc1ccc2oc(C3CCCC3CN)cc2c1. The zero-order valence-corrected chi connectivity index (χ0v) is 10.3. The van der Waals surface area contributed by atoms with E-state index in [1.54, 1.807) is 0 Å². The summed E-state index contributed by atoms with van der Waals surface area (Å²) in [7, 11) is 0. The zero-order valence-electron chi connectivity index (χ0n) is 10.3. The minimum absolute atomic E-state index is 0.535. The van der Waals surface area contributed by atoms with Gasteiger partial charge in [-0.15, -0.1) is 0 Å². The Morgan fingerprint density at radius 3 is 3.00 bits per heavy atom. The first kappa shape index (κ1) is 10.8. The topological polar surface area (TPSA) is 39.2 Å². The van der Waals surface area contributed by atoms with E-state index in [1.165, 1.54) is 30.2 Å². The first-order valence-electron chi connectivity index (χ1n) is 6.48. The van der Waals surface area contributed by atoms with E-state index in [9.17, 15) is 0 Å². The highest BCUT2D eigenvalue weighted by atomic mass is 16.3. The molecule has 0 bridgehead atoms. The van der Waals surface area contributed by atoms with Gasteiger partial charge in [0.05, 0.1) is 0 Å². The number of fused-ring (bicyclic) bond motifs is 1. The Hall–Kier alpha value is -1.28. The van der Waals surface area contributed by atoms with Gasteiger partial charge in [-0.1, -0.05) is 18.1 Å². The van der Waals surface area contributed by atoms with E-state index in [4.69, 9.17) is 10.2 Å². The monoisotopic (exact) mass is 229 g/mol. The van der Waals surface area contributed by atoms with E-state index in [0.717, 1.165) is 17.9 Å². The Labute approximate surface area is 102 Å². The van der Waals surface area contributed by atoms with Crippen molar-refractivity contribution in [2.45, 2.75) is 32.1 Å². The second-order valence-electron chi connectivity index (χ2n) is 5.22. The van der Waals surface area contributed by atoms with E-state index in [-0.39, 0.29) is 0 Å². The Balaban J connectivity index is 2.00. The molecule has 1 aliphatic rings. The van der Waals surface area contributed by atoms with Crippen molar-refractivity contribution >= 4 is 11.0 Å². The molecule has 2 nitrogen and oxygen atoms in total. The number of aryl methyl sites for hydroxylation is 1. The van der Waals surface area contributed by atoms with Crippen molar-refractivity contribution in [3.8, 4) is 0 Å². The van der Waals surface area contributed by atoms with Crippen LogP contribution in [0.5, 0.6) is 0 Å². The van der Waals surface area contributed by atoms with E-state index in [2.05, 4.69) is 31.2 Å². The van der Waals surface area contributed by atoms with E-state index >= 15 is 0 Å². The van der Waals surface area contributed by atoms with Crippen LogP contribution < -0.4 is 5.73 Å². The average molecular weight is 229 g/mol. The van der Waals surface area contributed by atoms with Crippen LogP contribution in [0.1, 0.15) is 36.5 Å². The lowest BCUT2D eigenvalue weighted by Crippen LogP contribution is -2.16. The van der Waals surface area contributed by atoms with Gasteiger partial charge < -0.3 is 10.2 Å². The van der Waals surface area contributed by atoms with Crippen LogP contribution in [0.25, 0.3) is 11.0 Å². The quantitative estimate of drug-likeness (QED) is 0.854. The molecule has 1 aliphatic carbocycles. The predicted octanol–water partition coefficient (Wildman–Crippen LogP) is 3.58. The van der Waals surface area contributed by atoms with Crippen molar-refractivity contribution in [1.29, 1.82) is 0 Å². The molecule has 0 aliphatic heterocycles. The molecule has 1 saturated carbocycles. The second kappa shape index (κ2) is 4.19. The molecule has 90 valence electrons. The summed E-state index contributed by atoms with van der Waals surface area (Å²) in [6.07, 6.45) is 3.75. The molecule has 2 N–H and O–H groups in total. The summed E-state index contributed by atoms with van der Waals surface area (Å²) in [6.45, 7) is 2.89. The van der Waals surface area contributed by atoms with Gasteiger partial charge >= 0.3 is 0 Å². The smallest absolute Gasteiger partial charge is 0.134 e. The maximum absolute atomic E-state index is 5.98. The van der Waals surface area contributed by atoms with Gasteiger partial charge in [0.15, 0.2) is 0 Å². The predicted molar refractivity (Wildman–Crippen MR) is 70.1 cm³/mol. The molecular formula is C15H19NO. The molecule has 0 spiro atoms. The number of furan rings is 1. The average Bonchev–Trinajstić information content (AvgIpc) is 2.93. The summed E-state index contributed by atoms with van der Waals surface area (Å²) in [4.78, 5) is 0. The van der Waals surface area contributed by atoms with Gasteiger partial charge in [-0.3, -0.25) is 0 Å². The molecule has 1 fully saturated rings. The number of hydrogen-bond donors (Lipinski definition) is 1. The third-order valence-electron chi connectivity index (χ3n) is 4.02. The standard InChI is InChI=1S/C15H19NO/c1-10-5-6-14-12(7-10)8-15(17-14)13-4-2-3-11(13)9-16/h5-8,11,13H,2-4,9,16H2,1H3. The fourth-order valence-corrected chi connectivity index (χ4v) is 3.06.